The van der Waals surface area contributed by atoms with Crippen molar-refractivity contribution in [3.63, 3.8) is 0 Å². The SMILES string of the molecule is CCc1ccc2occ(C(=O)N3CCC3CO)c2c1. The molecule has 0 radical (unpaired) electrons. The molecule has 0 bridgehead atoms. The molecule has 0 aliphatic carbocycles. The van der Waals surface area contributed by atoms with E-state index in [-0.39, 0.29) is 18.6 Å². The Balaban J connectivity index is 1.98. The number of carbonyl (C=O) groups is 1. The zero-order valence-corrected chi connectivity index (χ0v) is 10.9. The first-order valence-corrected chi connectivity index (χ1v) is 6.66. The van der Waals surface area contributed by atoms with Gasteiger partial charge in [-0.25, -0.2) is 0 Å². The van der Waals surface area contributed by atoms with E-state index in [1.165, 1.54) is 11.8 Å². The molecule has 1 aliphatic rings. The fraction of sp³-hybridized carbons (Fsp3) is 0.400. The van der Waals surface area contributed by atoms with E-state index in [2.05, 4.69) is 6.92 Å². The van der Waals surface area contributed by atoms with Crippen LogP contribution < -0.4 is 0 Å². The number of benzene rings is 1. The van der Waals surface area contributed by atoms with Crippen LogP contribution in [0.3, 0.4) is 0 Å². The van der Waals surface area contributed by atoms with E-state index in [4.69, 9.17) is 4.42 Å². The number of aliphatic hydroxyl groups is 1. The number of hydrogen-bond acceptors (Lipinski definition) is 3. The zero-order chi connectivity index (χ0) is 13.4. The second-order valence-corrected chi connectivity index (χ2v) is 4.96. The largest absolute Gasteiger partial charge is 0.463 e. The number of hydrogen-bond donors (Lipinski definition) is 1. The molecule has 1 aromatic carbocycles. The Morgan fingerprint density at radius 3 is 3.00 bits per heavy atom. The minimum absolute atomic E-state index is 0.0295. The van der Waals surface area contributed by atoms with Crippen LogP contribution in [-0.2, 0) is 6.42 Å². The summed E-state index contributed by atoms with van der Waals surface area (Å²) in [6, 6.07) is 5.90. The lowest BCUT2D eigenvalue weighted by molar-refractivity contribution is 0.0297. The fourth-order valence-corrected chi connectivity index (χ4v) is 2.51. The van der Waals surface area contributed by atoms with Crippen molar-refractivity contribution < 1.29 is 14.3 Å². The van der Waals surface area contributed by atoms with Gasteiger partial charge in [0.1, 0.15) is 11.8 Å². The third-order valence-electron chi connectivity index (χ3n) is 3.89. The standard InChI is InChI=1S/C15H17NO3/c1-2-10-3-4-14-12(7-10)13(9-19-14)15(18)16-6-5-11(16)8-17/h3-4,7,9,11,17H,2,5-6,8H2,1H3. The normalized spacial score (nSPS) is 18.6. The van der Waals surface area contributed by atoms with E-state index in [1.54, 1.807) is 4.90 Å². The molecule has 1 unspecified atom stereocenters. The Morgan fingerprint density at radius 2 is 2.37 bits per heavy atom. The van der Waals surface area contributed by atoms with Crippen LogP contribution >= 0.6 is 0 Å². The van der Waals surface area contributed by atoms with Gasteiger partial charge in [-0.1, -0.05) is 13.0 Å². The first-order valence-electron chi connectivity index (χ1n) is 6.66. The highest BCUT2D eigenvalue weighted by molar-refractivity contribution is 6.06. The maximum absolute atomic E-state index is 12.4. The lowest BCUT2D eigenvalue weighted by Gasteiger charge is -2.39. The smallest absolute Gasteiger partial charge is 0.258 e. The van der Waals surface area contributed by atoms with Crippen LogP contribution in [0, 0.1) is 0 Å². The zero-order valence-electron chi connectivity index (χ0n) is 10.9. The van der Waals surface area contributed by atoms with Gasteiger partial charge in [0, 0.05) is 11.9 Å². The second-order valence-electron chi connectivity index (χ2n) is 4.96. The lowest BCUT2D eigenvalue weighted by atomic mass is 10.0. The Morgan fingerprint density at radius 1 is 1.53 bits per heavy atom. The predicted octanol–water partition coefficient (Wildman–Crippen LogP) is 2.20. The molecule has 2 aromatic rings. The molecule has 1 amide bonds. The summed E-state index contributed by atoms with van der Waals surface area (Å²) in [7, 11) is 0. The highest BCUT2D eigenvalue weighted by Crippen LogP contribution is 2.27. The van der Waals surface area contributed by atoms with Gasteiger partial charge in [0.15, 0.2) is 0 Å². The van der Waals surface area contributed by atoms with E-state index >= 15 is 0 Å². The van der Waals surface area contributed by atoms with Crippen molar-refractivity contribution in [2.45, 2.75) is 25.8 Å². The van der Waals surface area contributed by atoms with Crippen molar-refractivity contribution in [2.75, 3.05) is 13.2 Å². The number of carbonyl (C=O) groups excluding carboxylic acids is 1. The van der Waals surface area contributed by atoms with Crippen LogP contribution in [0.2, 0.25) is 0 Å². The van der Waals surface area contributed by atoms with Crippen molar-refractivity contribution in [3.8, 4) is 0 Å². The molecule has 1 fully saturated rings. The van der Waals surface area contributed by atoms with Gasteiger partial charge < -0.3 is 14.4 Å². The molecule has 1 aliphatic heterocycles. The molecule has 19 heavy (non-hydrogen) atoms. The number of amides is 1. The van der Waals surface area contributed by atoms with Gasteiger partial charge >= 0.3 is 0 Å². The van der Waals surface area contributed by atoms with E-state index in [1.807, 2.05) is 18.2 Å². The van der Waals surface area contributed by atoms with Crippen LogP contribution in [0.5, 0.6) is 0 Å². The molecule has 100 valence electrons. The molecular weight excluding hydrogens is 242 g/mol. The number of rotatable bonds is 3. The summed E-state index contributed by atoms with van der Waals surface area (Å²) >= 11 is 0. The van der Waals surface area contributed by atoms with Crippen molar-refractivity contribution in [2.24, 2.45) is 0 Å². The van der Waals surface area contributed by atoms with Crippen LogP contribution in [-0.4, -0.2) is 35.1 Å². The topological polar surface area (TPSA) is 53.7 Å². The molecule has 4 nitrogen and oxygen atoms in total. The number of fused-ring (bicyclic) bond motifs is 1. The van der Waals surface area contributed by atoms with Crippen molar-refractivity contribution >= 4 is 16.9 Å². The Bertz CT molecular complexity index is 615. The van der Waals surface area contributed by atoms with Crippen LogP contribution in [0.1, 0.15) is 29.3 Å². The Kier molecular flexibility index (Phi) is 3.03. The highest BCUT2D eigenvalue weighted by atomic mass is 16.3. The Hall–Kier alpha value is -1.81. The monoisotopic (exact) mass is 259 g/mol. The van der Waals surface area contributed by atoms with Gasteiger partial charge in [-0.3, -0.25) is 4.79 Å². The van der Waals surface area contributed by atoms with Gasteiger partial charge in [0.25, 0.3) is 5.91 Å². The summed E-state index contributed by atoms with van der Waals surface area (Å²) in [5.74, 6) is -0.0442. The van der Waals surface area contributed by atoms with Crippen LogP contribution in [0.4, 0.5) is 0 Å². The first-order chi connectivity index (χ1) is 9.24. The minimum Gasteiger partial charge on any atom is -0.463 e. The highest BCUT2D eigenvalue weighted by Gasteiger charge is 2.33. The average molecular weight is 259 g/mol. The summed E-state index contributed by atoms with van der Waals surface area (Å²) in [6.45, 7) is 2.83. The number of aryl methyl sites for hydroxylation is 1. The van der Waals surface area contributed by atoms with Crippen LogP contribution in [0.25, 0.3) is 11.0 Å². The summed E-state index contributed by atoms with van der Waals surface area (Å²) in [5.41, 5.74) is 2.52. The third kappa shape index (κ3) is 1.92. The van der Waals surface area contributed by atoms with E-state index in [9.17, 15) is 9.90 Å². The average Bonchev–Trinajstić information content (AvgIpc) is 2.80. The van der Waals surface area contributed by atoms with Gasteiger partial charge in [-0.05, 0) is 30.5 Å². The molecule has 0 saturated carbocycles. The number of furan rings is 1. The van der Waals surface area contributed by atoms with E-state index in [0.717, 1.165) is 23.8 Å². The first kappa shape index (κ1) is 12.2. The maximum atomic E-state index is 12.4. The van der Waals surface area contributed by atoms with Gasteiger partial charge in [0.05, 0.1) is 18.2 Å². The number of nitrogens with zero attached hydrogens (tertiary/aromatic N) is 1. The molecule has 1 aromatic heterocycles. The van der Waals surface area contributed by atoms with Crippen molar-refractivity contribution in [1.82, 2.24) is 4.90 Å². The molecule has 0 spiro atoms. The van der Waals surface area contributed by atoms with E-state index < -0.39 is 0 Å². The molecule has 3 rings (SSSR count). The lowest BCUT2D eigenvalue weighted by Crippen LogP contribution is -2.52. The van der Waals surface area contributed by atoms with E-state index in [0.29, 0.717) is 12.1 Å². The molecule has 1 atom stereocenters. The predicted molar refractivity (Wildman–Crippen MR) is 72.1 cm³/mol. The quantitative estimate of drug-likeness (QED) is 0.919. The van der Waals surface area contributed by atoms with Crippen molar-refractivity contribution in [1.29, 1.82) is 0 Å². The molecule has 1 saturated heterocycles. The van der Waals surface area contributed by atoms with Gasteiger partial charge in [-0.2, -0.15) is 0 Å². The fourth-order valence-electron chi connectivity index (χ4n) is 2.51. The van der Waals surface area contributed by atoms with Gasteiger partial charge in [0.2, 0.25) is 0 Å². The summed E-state index contributed by atoms with van der Waals surface area (Å²) in [4.78, 5) is 14.1. The van der Waals surface area contributed by atoms with Crippen LogP contribution in [0.15, 0.2) is 28.9 Å². The third-order valence-corrected chi connectivity index (χ3v) is 3.89. The minimum atomic E-state index is -0.0442. The maximum Gasteiger partial charge on any atom is 0.258 e. The molecule has 1 N–H and O–H groups in total. The number of likely N-dealkylation sites (tertiary alicyclic amines) is 1. The van der Waals surface area contributed by atoms with Crippen molar-refractivity contribution in [3.05, 3.63) is 35.6 Å². The summed E-state index contributed by atoms with van der Waals surface area (Å²) < 4.78 is 5.45. The number of aliphatic hydroxyl groups excluding tert-OH is 1. The second kappa shape index (κ2) is 4.70. The Labute approximate surface area is 111 Å². The summed E-state index contributed by atoms with van der Waals surface area (Å²) in [6.07, 6.45) is 3.33. The molecule has 4 heteroatoms. The molecule has 2 heterocycles. The van der Waals surface area contributed by atoms with Gasteiger partial charge in [-0.15, -0.1) is 0 Å². The molecular formula is C15H17NO3. The summed E-state index contributed by atoms with van der Waals surface area (Å²) in [5, 5.41) is 10.0.